The van der Waals surface area contributed by atoms with Gasteiger partial charge in [-0.25, -0.2) is 0 Å². The van der Waals surface area contributed by atoms with Gasteiger partial charge in [-0.3, -0.25) is 9.88 Å². The maximum atomic E-state index is 5.98. The molecule has 1 aromatic heterocycles. The van der Waals surface area contributed by atoms with Gasteiger partial charge in [0.05, 0.1) is 0 Å². The Balaban J connectivity index is 2.15. The first-order valence-corrected chi connectivity index (χ1v) is 7.46. The molecule has 0 spiro atoms. The molecule has 106 valence electrons. The third-order valence-corrected chi connectivity index (χ3v) is 4.07. The number of benzene rings is 1. The third-order valence-electron chi connectivity index (χ3n) is 3.54. The highest BCUT2D eigenvalue weighted by Crippen LogP contribution is 2.23. The van der Waals surface area contributed by atoms with E-state index < -0.39 is 0 Å². The van der Waals surface area contributed by atoms with Crippen LogP contribution in [0.5, 0.6) is 0 Å². The number of hydrogen-bond acceptors (Lipinski definition) is 3. The van der Waals surface area contributed by atoms with E-state index in [1.807, 2.05) is 18.5 Å². The first-order valence-electron chi connectivity index (χ1n) is 6.67. The lowest BCUT2D eigenvalue weighted by molar-refractivity contribution is 0.240. The van der Waals surface area contributed by atoms with Gasteiger partial charge in [0.15, 0.2) is 0 Å². The second-order valence-corrected chi connectivity index (χ2v) is 5.94. The molecule has 4 heteroatoms. The van der Waals surface area contributed by atoms with E-state index in [1.165, 1.54) is 16.7 Å². The molecule has 0 aliphatic rings. The van der Waals surface area contributed by atoms with E-state index in [0.29, 0.717) is 6.54 Å². The number of pyridine rings is 1. The van der Waals surface area contributed by atoms with Crippen LogP contribution in [0, 0.1) is 6.92 Å². The van der Waals surface area contributed by atoms with Crippen LogP contribution in [0.1, 0.15) is 22.7 Å². The van der Waals surface area contributed by atoms with Crippen LogP contribution in [0.4, 0.5) is 0 Å². The molecule has 0 radical (unpaired) electrons. The number of aromatic nitrogens is 1. The van der Waals surface area contributed by atoms with E-state index in [4.69, 9.17) is 5.73 Å². The number of hydrogen-bond donors (Lipinski definition) is 1. The van der Waals surface area contributed by atoms with Crippen molar-refractivity contribution >= 4 is 15.9 Å². The zero-order chi connectivity index (χ0) is 14.5. The van der Waals surface area contributed by atoms with Crippen LogP contribution in [0.25, 0.3) is 0 Å². The predicted molar refractivity (Wildman–Crippen MR) is 86.4 cm³/mol. The van der Waals surface area contributed by atoms with Gasteiger partial charge in [0.25, 0.3) is 0 Å². The van der Waals surface area contributed by atoms with Crippen molar-refractivity contribution in [2.45, 2.75) is 19.5 Å². The van der Waals surface area contributed by atoms with E-state index in [1.54, 1.807) is 0 Å². The SMILES string of the molecule is Cc1ccncc1C(CN)N(C)Cc1ccc(Br)cc1. The highest BCUT2D eigenvalue weighted by molar-refractivity contribution is 9.10. The summed E-state index contributed by atoms with van der Waals surface area (Å²) in [7, 11) is 2.10. The van der Waals surface area contributed by atoms with Crippen LogP contribution in [0.15, 0.2) is 47.2 Å². The number of halogens is 1. The van der Waals surface area contributed by atoms with E-state index in [-0.39, 0.29) is 6.04 Å². The Bertz CT molecular complexity index is 554. The molecule has 2 N–H and O–H groups in total. The molecule has 2 rings (SSSR count). The second kappa shape index (κ2) is 6.97. The maximum Gasteiger partial charge on any atom is 0.0488 e. The molecule has 0 fully saturated rings. The number of aryl methyl sites for hydroxylation is 1. The molecular formula is C16H20BrN3. The molecule has 1 aromatic carbocycles. The fraction of sp³-hybridized carbons (Fsp3) is 0.312. The molecule has 1 atom stereocenters. The van der Waals surface area contributed by atoms with Crippen molar-refractivity contribution < 1.29 is 0 Å². The first-order chi connectivity index (χ1) is 9.61. The summed E-state index contributed by atoms with van der Waals surface area (Å²) in [5.74, 6) is 0. The average Bonchev–Trinajstić information content (AvgIpc) is 2.44. The molecule has 2 aromatic rings. The molecule has 3 nitrogen and oxygen atoms in total. The van der Waals surface area contributed by atoms with E-state index >= 15 is 0 Å². The van der Waals surface area contributed by atoms with Crippen molar-refractivity contribution in [2.75, 3.05) is 13.6 Å². The summed E-state index contributed by atoms with van der Waals surface area (Å²) in [5, 5.41) is 0. The minimum Gasteiger partial charge on any atom is -0.329 e. The Hall–Kier alpha value is -1.23. The molecule has 0 amide bonds. The second-order valence-electron chi connectivity index (χ2n) is 5.03. The molecule has 0 saturated heterocycles. The van der Waals surface area contributed by atoms with Crippen molar-refractivity contribution in [3.63, 3.8) is 0 Å². The maximum absolute atomic E-state index is 5.98. The minimum absolute atomic E-state index is 0.187. The van der Waals surface area contributed by atoms with E-state index in [9.17, 15) is 0 Å². The van der Waals surface area contributed by atoms with Crippen LogP contribution in [0.3, 0.4) is 0 Å². The molecule has 20 heavy (non-hydrogen) atoms. The Morgan fingerprint density at radius 3 is 2.55 bits per heavy atom. The van der Waals surface area contributed by atoms with Crippen LogP contribution in [0.2, 0.25) is 0 Å². The van der Waals surface area contributed by atoms with Gasteiger partial charge in [0.1, 0.15) is 0 Å². The predicted octanol–water partition coefficient (Wildman–Crippen LogP) is 3.28. The third kappa shape index (κ3) is 3.66. The Labute approximate surface area is 129 Å². The van der Waals surface area contributed by atoms with Crippen molar-refractivity contribution in [3.05, 3.63) is 63.9 Å². The summed E-state index contributed by atoms with van der Waals surface area (Å²) in [4.78, 5) is 6.50. The van der Waals surface area contributed by atoms with Crippen molar-refractivity contribution in [1.82, 2.24) is 9.88 Å². The number of nitrogens with two attached hydrogens (primary N) is 1. The van der Waals surface area contributed by atoms with Gasteiger partial charge in [-0.05, 0) is 48.9 Å². The summed E-state index contributed by atoms with van der Waals surface area (Å²) in [5.41, 5.74) is 9.69. The fourth-order valence-electron chi connectivity index (χ4n) is 2.36. The largest absolute Gasteiger partial charge is 0.329 e. The normalized spacial score (nSPS) is 12.7. The lowest BCUT2D eigenvalue weighted by Crippen LogP contribution is -2.30. The average molecular weight is 334 g/mol. The molecule has 1 heterocycles. The molecule has 0 aliphatic carbocycles. The van der Waals surface area contributed by atoms with Crippen LogP contribution >= 0.6 is 15.9 Å². The monoisotopic (exact) mass is 333 g/mol. The van der Waals surface area contributed by atoms with Gasteiger partial charge >= 0.3 is 0 Å². The van der Waals surface area contributed by atoms with Gasteiger partial charge in [0.2, 0.25) is 0 Å². The smallest absolute Gasteiger partial charge is 0.0488 e. The van der Waals surface area contributed by atoms with Crippen molar-refractivity contribution in [3.8, 4) is 0 Å². The minimum atomic E-state index is 0.187. The van der Waals surface area contributed by atoms with Gasteiger partial charge < -0.3 is 5.73 Å². The Kier molecular flexibility index (Phi) is 5.29. The van der Waals surface area contributed by atoms with E-state index in [2.05, 4.69) is 64.1 Å². The summed E-state index contributed by atoms with van der Waals surface area (Å²) < 4.78 is 1.10. The Morgan fingerprint density at radius 1 is 1.25 bits per heavy atom. The van der Waals surface area contributed by atoms with Gasteiger partial charge in [-0.15, -0.1) is 0 Å². The lowest BCUT2D eigenvalue weighted by Gasteiger charge is -2.28. The summed E-state index contributed by atoms with van der Waals surface area (Å²) in [6.45, 7) is 3.55. The highest BCUT2D eigenvalue weighted by Gasteiger charge is 2.17. The van der Waals surface area contributed by atoms with Crippen molar-refractivity contribution in [1.29, 1.82) is 0 Å². The van der Waals surface area contributed by atoms with Gasteiger partial charge in [0, 0.05) is 36.0 Å². The highest BCUT2D eigenvalue weighted by atomic mass is 79.9. The first kappa shape index (κ1) is 15.2. The van der Waals surface area contributed by atoms with Crippen LogP contribution in [-0.4, -0.2) is 23.5 Å². The zero-order valence-electron chi connectivity index (χ0n) is 11.9. The van der Waals surface area contributed by atoms with Crippen LogP contribution in [-0.2, 0) is 6.54 Å². The molecule has 0 aliphatic heterocycles. The topological polar surface area (TPSA) is 42.1 Å². The van der Waals surface area contributed by atoms with E-state index in [0.717, 1.165) is 11.0 Å². The van der Waals surface area contributed by atoms with Crippen LogP contribution < -0.4 is 5.73 Å². The van der Waals surface area contributed by atoms with Crippen molar-refractivity contribution in [2.24, 2.45) is 5.73 Å². The lowest BCUT2D eigenvalue weighted by atomic mass is 10.0. The number of nitrogens with zero attached hydrogens (tertiary/aromatic N) is 2. The summed E-state index contributed by atoms with van der Waals surface area (Å²) in [6.07, 6.45) is 3.74. The van der Waals surface area contributed by atoms with Gasteiger partial charge in [-0.2, -0.15) is 0 Å². The van der Waals surface area contributed by atoms with Gasteiger partial charge in [-0.1, -0.05) is 28.1 Å². The standard InChI is InChI=1S/C16H20BrN3/c1-12-7-8-19-10-15(12)16(9-18)20(2)11-13-3-5-14(17)6-4-13/h3-8,10,16H,9,11,18H2,1-2H3. The molecule has 1 unspecified atom stereocenters. The fourth-order valence-corrected chi connectivity index (χ4v) is 2.62. The molecule has 0 bridgehead atoms. The summed E-state index contributed by atoms with van der Waals surface area (Å²) in [6, 6.07) is 10.6. The number of likely N-dealkylation sites (N-methyl/N-ethyl adjacent to an activating group) is 1. The molecule has 0 saturated carbocycles. The zero-order valence-corrected chi connectivity index (χ0v) is 13.5. The number of rotatable bonds is 5. The summed E-state index contributed by atoms with van der Waals surface area (Å²) >= 11 is 3.46. The molecular weight excluding hydrogens is 314 g/mol. The Morgan fingerprint density at radius 2 is 1.95 bits per heavy atom. The quantitative estimate of drug-likeness (QED) is 0.912.